The molecule has 0 bridgehead atoms. The number of esters is 1. The van der Waals surface area contributed by atoms with Gasteiger partial charge in [0.15, 0.2) is 5.11 Å². The normalized spacial score (nSPS) is 12.8. The standard InChI is InChI=1S/C28H37N3O4S/c1-28(2,3)35-27(33)31-26(36)30-16-9-5-4-6-15-24(29)25(32)34-18-20-12-10-14-22-21-13-8-7-11-19(21)17-23(20)22/h7-8,10-14,24H,4-6,9,15-18,29H2,1-3H3,(H2,30,31,33,36). The number of hydrogen-bond acceptors (Lipinski definition) is 6. The maximum absolute atomic E-state index is 12.4. The van der Waals surface area contributed by atoms with Crippen molar-refractivity contribution in [3.8, 4) is 11.1 Å². The first-order valence-corrected chi connectivity index (χ1v) is 12.9. The molecule has 2 aromatic carbocycles. The van der Waals surface area contributed by atoms with Gasteiger partial charge in [-0.2, -0.15) is 0 Å². The first kappa shape index (κ1) is 27.6. The lowest BCUT2D eigenvalue weighted by Crippen LogP contribution is -2.42. The minimum atomic E-state index is -0.623. The molecule has 8 heteroatoms. The number of nitrogens with two attached hydrogens (primary N) is 1. The van der Waals surface area contributed by atoms with Crippen LogP contribution in [0, 0.1) is 0 Å². The van der Waals surface area contributed by atoms with Gasteiger partial charge < -0.3 is 20.5 Å². The number of hydrogen-bond donors (Lipinski definition) is 3. The van der Waals surface area contributed by atoms with Gasteiger partial charge in [0, 0.05) is 6.54 Å². The number of carbonyl (C=O) groups is 2. The van der Waals surface area contributed by atoms with Gasteiger partial charge in [-0.25, -0.2) is 4.79 Å². The molecule has 4 N–H and O–H groups in total. The van der Waals surface area contributed by atoms with Crippen LogP contribution < -0.4 is 16.4 Å². The number of benzene rings is 2. The van der Waals surface area contributed by atoms with Crippen LogP contribution in [0.1, 0.15) is 69.6 Å². The zero-order valence-electron chi connectivity index (χ0n) is 21.4. The predicted octanol–water partition coefficient (Wildman–Crippen LogP) is 4.98. The summed E-state index contributed by atoms with van der Waals surface area (Å²) in [5.74, 6) is -0.358. The molecule has 0 aliphatic heterocycles. The van der Waals surface area contributed by atoms with Gasteiger partial charge >= 0.3 is 12.1 Å². The Kier molecular flexibility index (Phi) is 9.84. The molecule has 7 nitrogen and oxygen atoms in total. The van der Waals surface area contributed by atoms with E-state index < -0.39 is 17.7 Å². The zero-order valence-corrected chi connectivity index (χ0v) is 22.2. The SMILES string of the molecule is CC(C)(C)OC(=O)NC(=S)NCCCCCCC(N)C(=O)OCc1cccc2c1Cc1ccccc1-2. The Hall–Kier alpha value is -2.97. The van der Waals surface area contributed by atoms with Crippen molar-refractivity contribution in [1.29, 1.82) is 0 Å². The smallest absolute Gasteiger partial charge is 0.413 e. The molecule has 0 spiro atoms. The van der Waals surface area contributed by atoms with E-state index in [1.165, 1.54) is 22.3 Å². The minimum absolute atomic E-state index is 0.243. The van der Waals surface area contributed by atoms with E-state index in [9.17, 15) is 9.59 Å². The summed E-state index contributed by atoms with van der Waals surface area (Å²) >= 11 is 5.10. The highest BCUT2D eigenvalue weighted by molar-refractivity contribution is 7.80. The molecular formula is C28H37N3O4S. The van der Waals surface area contributed by atoms with Gasteiger partial charge in [-0.05, 0) is 80.1 Å². The van der Waals surface area contributed by atoms with E-state index in [2.05, 4.69) is 41.0 Å². The molecule has 0 fully saturated rings. The molecule has 1 amide bonds. The van der Waals surface area contributed by atoms with E-state index in [-0.39, 0.29) is 17.7 Å². The summed E-state index contributed by atoms with van der Waals surface area (Å²) in [6, 6.07) is 13.9. The van der Waals surface area contributed by atoms with Crippen LogP contribution >= 0.6 is 12.2 Å². The van der Waals surface area contributed by atoms with E-state index in [1.54, 1.807) is 20.8 Å². The van der Waals surface area contributed by atoms with Crippen LogP contribution in [0.25, 0.3) is 11.1 Å². The summed E-state index contributed by atoms with van der Waals surface area (Å²) < 4.78 is 10.7. The van der Waals surface area contributed by atoms with Crippen molar-refractivity contribution in [3.63, 3.8) is 0 Å². The highest BCUT2D eigenvalue weighted by atomic mass is 32.1. The highest BCUT2D eigenvalue weighted by Crippen LogP contribution is 2.38. The van der Waals surface area contributed by atoms with Gasteiger partial charge in [0.2, 0.25) is 0 Å². The number of fused-ring (bicyclic) bond motifs is 3. The molecule has 0 radical (unpaired) electrons. The fraction of sp³-hybridized carbons (Fsp3) is 0.464. The molecule has 1 atom stereocenters. The lowest BCUT2D eigenvalue weighted by atomic mass is 10.0. The Morgan fingerprint density at radius 2 is 1.75 bits per heavy atom. The maximum atomic E-state index is 12.4. The lowest BCUT2D eigenvalue weighted by Gasteiger charge is -2.20. The van der Waals surface area contributed by atoms with Crippen molar-refractivity contribution >= 4 is 29.4 Å². The minimum Gasteiger partial charge on any atom is -0.460 e. The molecule has 0 saturated heterocycles. The van der Waals surface area contributed by atoms with Crippen molar-refractivity contribution < 1.29 is 19.1 Å². The third-order valence-electron chi connectivity index (χ3n) is 5.96. The van der Waals surface area contributed by atoms with Crippen LogP contribution in [-0.2, 0) is 27.3 Å². The Morgan fingerprint density at radius 1 is 1.03 bits per heavy atom. The molecule has 36 heavy (non-hydrogen) atoms. The van der Waals surface area contributed by atoms with E-state index >= 15 is 0 Å². The van der Waals surface area contributed by atoms with Gasteiger partial charge in [0.05, 0.1) is 0 Å². The molecular weight excluding hydrogens is 474 g/mol. The summed E-state index contributed by atoms with van der Waals surface area (Å²) in [4.78, 5) is 24.1. The third kappa shape index (κ3) is 8.31. The molecule has 1 unspecified atom stereocenters. The van der Waals surface area contributed by atoms with Crippen molar-refractivity contribution in [2.45, 2.75) is 77.5 Å². The van der Waals surface area contributed by atoms with Crippen molar-refractivity contribution in [2.24, 2.45) is 5.73 Å². The first-order valence-electron chi connectivity index (χ1n) is 12.5. The van der Waals surface area contributed by atoms with Crippen molar-refractivity contribution in [3.05, 3.63) is 59.2 Å². The second kappa shape index (κ2) is 12.8. The van der Waals surface area contributed by atoms with Gasteiger partial charge in [-0.1, -0.05) is 61.7 Å². The quantitative estimate of drug-likeness (QED) is 0.200. The molecule has 1 aliphatic carbocycles. The number of alkyl carbamates (subject to hydrolysis) is 1. The number of nitrogens with one attached hydrogen (secondary N) is 2. The maximum Gasteiger partial charge on any atom is 0.413 e. The van der Waals surface area contributed by atoms with Gasteiger partial charge in [-0.15, -0.1) is 0 Å². The first-order chi connectivity index (χ1) is 17.1. The van der Waals surface area contributed by atoms with E-state index in [4.69, 9.17) is 27.4 Å². The Morgan fingerprint density at radius 3 is 2.53 bits per heavy atom. The molecule has 0 saturated carbocycles. The monoisotopic (exact) mass is 511 g/mol. The lowest BCUT2D eigenvalue weighted by molar-refractivity contribution is -0.146. The topological polar surface area (TPSA) is 103 Å². The summed E-state index contributed by atoms with van der Waals surface area (Å²) in [5.41, 5.74) is 11.6. The van der Waals surface area contributed by atoms with Gasteiger partial charge in [0.1, 0.15) is 18.2 Å². The molecule has 194 valence electrons. The number of ether oxygens (including phenoxy) is 2. The molecule has 0 heterocycles. The molecule has 2 aromatic rings. The van der Waals surface area contributed by atoms with Crippen LogP contribution in [-0.4, -0.2) is 35.4 Å². The third-order valence-corrected chi connectivity index (χ3v) is 6.21. The Labute approximate surface area is 219 Å². The number of thiocarbonyl (C=S) groups is 1. The van der Waals surface area contributed by atoms with Crippen molar-refractivity contribution in [2.75, 3.05) is 6.54 Å². The summed E-state index contributed by atoms with van der Waals surface area (Å²) in [5, 5.41) is 5.74. The second-order valence-electron chi connectivity index (χ2n) is 10.1. The predicted molar refractivity (Wildman–Crippen MR) is 146 cm³/mol. The van der Waals surface area contributed by atoms with E-state index in [0.717, 1.165) is 37.7 Å². The molecule has 1 aliphatic rings. The molecule has 3 rings (SSSR count). The number of amides is 1. The van der Waals surface area contributed by atoms with E-state index in [1.807, 2.05) is 12.1 Å². The Bertz CT molecular complexity index is 1080. The Balaban J connectivity index is 1.28. The van der Waals surface area contributed by atoms with Crippen LogP contribution in [0.2, 0.25) is 0 Å². The fourth-order valence-corrected chi connectivity index (χ4v) is 4.40. The average Bonchev–Trinajstić information content (AvgIpc) is 3.19. The highest BCUT2D eigenvalue weighted by Gasteiger charge is 2.22. The van der Waals surface area contributed by atoms with Gasteiger partial charge in [-0.3, -0.25) is 10.1 Å². The van der Waals surface area contributed by atoms with E-state index in [0.29, 0.717) is 13.0 Å². The van der Waals surface area contributed by atoms with Crippen LogP contribution in [0.3, 0.4) is 0 Å². The summed E-state index contributed by atoms with van der Waals surface area (Å²) in [6.07, 6.45) is 4.51. The fourth-order valence-electron chi connectivity index (χ4n) is 4.22. The second-order valence-corrected chi connectivity index (χ2v) is 10.5. The largest absolute Gasteiger partial charge is 0.460 e. The van der Waals surface area contributed by atoms with Crippen LogP contribution in [0.4, 0.5) is 4.79 Å². The summed E-state index contributed by atoms with van der Waals surface area (Å²) in [6.45, 7) is 6.27. The van der Waals surface area contributed by atoms with Crippen molar-refractivity contribution in [1.82, 2.24) is 10.6 Å². The number of unbranched alkanes of at least 4 members (excludes halogenated alkanes) is 3. The number of rotatable bonds is 10. The van der Waals surface area contributed by atoms with Gasteiger partial charge in [0.25, 0.3) is 0 Å². The summed E-state index contributed by atoms with van der Waals surface area (Å²) in [7, 11) is 0. The zero-order chi connectivity index (χ0) is 26.1. The van der Waals surface area contributed by atoms with Crippen LogP contribution in [0.15, 0.2) is 42.5 Å². The molecule has 0 aromatic heterocycles. The van der Waals surface area contributed by atoms with Crippen LogP contribution in [0.5, 0.6) is 0 Å². The number of carbonyl (C=O) groups excluding carboxylic acids is 2. The average molecular weight is 512 g/mol.